The van der Waals surface area contributed by atoms with Gasteiger partial charge in [-0.1, -0.05) is 42.3 Å². The van der Waals surface area contributed by atoms with Crippen LogP contribution in [0.4, 0.5) is 0 Å². The van der Waals surface area contributed by atoms with Crippen molar-refractivity contribution in [3.05, 3.63) is 40.1 Å². The van der Waals surface area contributed by atoms with Crippen LogP contribution in [0.3, 0.4) is 0 Å². The minimum Gasteiger partial charge on any atom is -0.480 e. The van der Waals surface area contributed by atoms with Crippen molar-refractivity contribution in [2.45, 2.75) is 26.4 Å². The van der Waals surface area contributed by atoms with E-state index in [1.54, 1.807) is 29.1 Å². The number of aliphatic carboxylic acids is 1. The van der Waals surface area contributed by atoms with E-state index in [0.717, 1.165) is 5.69 Å². The van der Waals surface area contributed by atoms with Gasteiger partial charge in [0.15, 0.2) is 0 Å². The fourth-order valence-electron chi connectivity index (χ4n) is 1.96. The zero-order valence-electron chi connectivity index (χ0n) is 12.1. The Labute approximate surface area is 138 Å². The Morgan fingerprint density at radius 3 is 2.68 bits per heavy atom. The van der Waals surface area contributed by atoms with Crippen molar-refractivity contribution >= 4 is 29.2 Å². The molecule has 0 saturated heterocycles. The normalized spacial score (nSPS) is 12.6. The number of rotatable bonds is 6. The second kappa shape index (κ2) is 7.09. The number of carboxylic acid groups (broad SMARTS) is 1. The van der Waals surface area contributed by atoms with E-state index in [2.05, 4.69) is 15.6 Å². The Kier molecular flexibility index (Phi) is 5.39. The number of hydrogen-bond acceptors (Lipinski definition) is 4. The van der Waals surface area contributed by atoms with Crippen LogP contribution in [-0.4, -0.2) is 32.1 Å². The van der Waals surface area contributed by atoms with Crippen LogP contribution in [0.5, 0.6) is 0 Å². The molecule has 0 aliphatic heterocycles. The summed E-state index contributed by atoms with van der Waals surface area (Å²) in [6, 6.07) is 4.51. The molecule has 0 radical (unpaired) electrons. The van der Waals surface area contributed by atoms with Gasteiger partial charge in [-0.2, -0.15) is 0 Å². The first-order valence-electron chi connectivity index (χ1n) is 6.71. The van der Waals surface area contributed by atoms with Gasteiger partial charge in [-0.05, 0) is 24.1 Å². The first-order valence-corrected chi connectivity index (χ1v) is 7.47. The molecule has 0 aliphatic carbocycles. The van der Waals surface area contributed by atoms with Gasteiger partial charge in [0.25, 0.3) is 0 Å². The molecule has 22 heavy (non-hydrogen) atoms. The zero-order valence-corrected chi connectivity index (χ0v) is 13.6. The maximum atomic E-state index is 11.1. The third kappa shape index (κ3) is 3.97. The fraction of sp³-hybridized carbons (Fsp3) is 0.357. The molecule has 0 spiro atoms. The molecule has 1 heterocycles. The monoisotopic (exact) mass is 342 g/mol. The molecule has 2 aromatic rings. The molecule has 118 valence electrons. The highest BCUT2D eigenvalue weighted by atomic mass is 35.5. The smallest absolute Gasteiger partial charge is 0.320 e. The molecule has 2 rings (SSSR count). The van der Waals surface area contributed by atoms with Gasteiger partial charge >= 0.3 is 5.97 Å². The van der Waals surface area contributed by atoms with Crippen molar-refractivity contribution in [2.75, 3.05) is 0 Å². The molecule has 0 fully saturated rings. The molecule has 2 N–H and O–H groups in total. The summed E-state index contributed by atoms with van der Waals surface area (Å²) >= 11 is 11.8. The molecule has 6 nitrogen and oxygen atoms in total. The summed E-state index contributed by atoms with van der Waals surface area (Å²) in [4.78, 5) is 11.1. The van der Waals surface area contributed by atoms with Gasteiger partial charge in [0.1, 0.15) is 6.04 Å². The highest BCUT2D eigenvalue weighted by molar-refractivity contribution is 6.42. The molecule has 1 aromatic carbocycles. The van der Waals surface area contributed by atoms with Crippen LogP contribution in [0.25, 0.3) is 5.69 Å². The highest BCUT2D eigenvalue weighted by Crippen LogP contribution is 2.24. The van der Waals surface area contributed by atoms with E-state index in [9.17, 15) is 4.79 Å². The number of nitrogens with zero attached hydrogens (tertiary/aromatic N) is 3. The largest absolute Gasteiger partial charge is 0.480 e. The standard InChI is InChI=1S/C14H16Cl2N4O2/c1-8(2)13(14(21)22)17-6-9-7-20(19-18-9)10-3-4-11(15)12(16)5-10/h3-5,7-8,13,17H,6H2,1-2H3,(H,21,22)/t13-/m0/s1. The minimum atomic E-state index is -0.883. The molecular formula is C14H16Cl2N4O2. The summed E-state index contributed by atoms with van der Waals surface area (Å²) < 4.78 is 1.56. The third-order valence-corrected chi connectivity index (χ3v) is 3.88. The Bertz CT molecular complexity index is 673. The quantitative estimate of drug-likeness (QED) is 0.843. The van der Waals surface area contributed by atoms with Crippen LogP contribution in [0.1, 0.15) is 19.5 Å². The Balaban J connectivity index is 2.08. The number of halogens is 2. The van der Waals surface area contributed by atoms with Crippen LogP contribution in [-0.2, 0) is 11.3 Å². The van der Waals surface area contributed by atoms with Crippen molar-refractivity contribution in [1.82, 2.24) is 20.3 Å². The van der Waals surface area contributed by atoms with Crippen molar-refractivity contribution in [1.29, 1.82) is 0 Å². The number of hydrogen-bond donors (Lipinski definition) is 2. The minimum absolute atomic E-state index is 0.0254. The van der Waals surface area contributed by atoms with E-state index in [-0.39, 0.29) is 5.92 Å². The van der Waals surface area contributed by atoms with E-state index >= 15 is 0 Å². The van der Waals surface area contributed by atoms with Crippen LogP contribution in [0.2, 0.25) is 10.0 Å². The molecular weight excluding hydrogens is 327 g/mol. The average Bonchev–Trinajstić information content (AvgIpc) is 2.90. The van der Waals surface area contributed by atoms with Crippen molar-refractivity contribution in [3.8, 4) is 5.69 Å². The maximum Gasteiger partial charge on any atom is 0.320 e. The number of nitrogens with one attached hydrogen (secondary N) is 1. The summed E-state index contributed by atoms with van der Waals surface area (Å²) in [6.07, 6.45) is 1.71. The number of benzene rings is 1. The molecule has 0 amide bonds. The summed E-state index contributed by atoms with van der Waals surface area (Å²) in [7, 11) is 0. The van der Waals surface area contributed by atoms with Gasteiger partial charge in [0, 0.05) is 6.54 Å². The molecule has 0 aliphatic rings. The molecule has 8 heteroatoms. The van der Waals surface area contributed by atoms with Crippen LogP contribution in [0, 0.1) is 5.92 Å². The Hall–Kier alpha value is -1.63. The predicted octanol–water partition coefficient (Wildman–Crippen LogP) is 2.77. The first-order chi connectivity index (χ1) is 10.4. The van der Waals surface area contributed by atoms with E-state index in [4.69, 9.17) is 28.3 Å². The second-order valence-corrected chi connectivity index (χ2v) is 6.01. The van der Waals surface area contributed by atoms with Crippen molar-refractivity contribution in [2.24, 2.45) is 5.92 Å². The lowest BCUT2D eigenvalue weighted by atomic mass is 10.1. The number of aromatic nitrogens is 3. The van der Waals surface area contributed by atoms with Gasteiger partial charge in [-0.15, -0.1) is 5.10 Å². The SMILES string of the molecule is CC(C)[C@H](NCc1cn(-c2ccc(Cl)c(Cl)c2)nn1)C(=O)O. The summed E-state index contributed by atoms with van der Waals surface area (Å²) in [6.45, 7) is 4.01. The third-order valence-electron chi connectivity index (χ3n) is 3.14. The molecule has 1 aromatic heterocycles. The lowest BCUT2D eigenvalue weighted by Gasteiger charge is -2.16. The van der Waals surface area contributed by atoms with Gasteiger partial charge in [-0.25, -0.2) is 4.68 Å². The van der Waals surface area contributed by atoms with Crippen LogP contribution in [0.15, 0.2) is 24.4 Å². The molecule has 1 atom stereocenters. The first kappa shape index (κ1) is 16.7. The lowest BCUT2D eigenvalue weighted by Crippen LogP contribution is -2.40. The van der Waals surface area contributed by atoms with Crippen molar-refractivity contribution < 1.29 is 9.90 Å². The molecule has 0 unspecified atom stereocenters. The number of carboxylic acids is 1. The van der Waals surface area contributed by atoms with Gasteiger partial charge in [0.2, 0.25) is 0 Å². The fourth-order valence-corrected chi connectivity index (χ4v) is 2.25. The Morgan fingerprint density at radius 1 is 1.36 bits per heavy atom. The predicted molar refractivity (Wildman–Crippen MR) is 84.5 cm³/mol. The topological polar surface area (TPSA) is 80.0 Å². The summed E-state index contributed by atoms with van der Waals surface area (Å²) in [5.41, 5.74) is 1.37. The average molecular weight is 343 g/mol. The van der Waals surface area contributed by atoms with E-state index in [1.165, 1.54) is 0 Å². The van der Waals surface area contributed by atoms with Gasteiger partial charge in [-0.3, -0.25) is 10.1 Å². The van der Waals surface area contributed by atoms with Gasteiger partial charge in [0.05, 0.1) is 27.6 Å². The summed E-state index contributed by atoms with van der Waals surface area (Å²) in [5, 5.41) is 21.0. The van der Waals surface area contributed by atoms with Crippen molar-refractivity contribution in [3.63, 3.8) is 0 Å². The summed E-state index contributed by atoms with van der Waals surface area (Å²) in [5.74, 6) is -0.908. The maximum absolute atomic E-state index is 11.1. The second-order valence-electron chi connectivity index (χ2n) is 5.19. The molecule has 0 saturated carbocycles. The van der Waals surface area contributed by atoms with Crippen LogP contribution >= 0.6 is 23.2 Å². The van der Waals surface area contributed by atoms with Gasteiger partial charge < -0.3 is 5.11 Å². The van der Waals surface area contributed by atoms with Crippen LogP contribution < -0.4 is 5.32 Å². The van der Waals surface area contributed by atoms with E-state index in [1.807, 2.05) is 13.8 Å². The Morgan fingerprint density at radius 2 is 2.09 bits per heavy atom. The molecule has 0 bridgehead atoms. The lowest BCUT2D eigenvalue weighted by molar-refractivity contribution is -0.140. The van der Waals surface area contributed by atoms with E-state index in [0.29, 0.717) is 22.3 Å². The number of carbonyl (C=O) groups is 1. The highest BCUT2D eigenvalue weighted by Gasteiger charge is 2.20. The van der Waals surface area contributed by atoms with E-state index < -0.39 is 12.0 Å². The zero-order chi connectivity index (χ0) is 16.3.